The molecular weight excluding hydrogens is 252 g/mol. The summed E-state index contributed by atoms with van der Waals surface area (Å²) in [7, 11) is 0. The first-order valence-electron chi connectivity index (χ1n) is 5.57. The van der Waals surface area contributed by atoms with Gasteiger partial charge >= 0.3 is 5.97 Å². The average Bonchev–Trinajstić information content (AvgIpc) is 2.24. The van der Waals surface area contributed by atoms with Gasteiger partial charge in [-0.25, -0.2) is 4.79 Å². The molecule has 0 fully saturated rings. The summed E-state index contributed by atoms with van der Waals surface area (Å²) < 4.78 is 0. The Hall–Kier alpha value is -1.55. The zero-order chi connectivity index (χ0) is 13.8. The van der Waals surface area contributed by atoms with Crippen molar-refractivity contribution in [2.75, 3.05) is 0 Å². The van der Waals surface area contributed by atoms with Crippen molar-refractivity contribution in [3.8, 4) is 0 Å². The number of amidine groups is 1. The predicted molar refractivity (Wildman–Crippen MR) is 72.3 cm³/mol. The molecule has 0 atom stereocenters. The van der Waals surface area contributed by atoms with E-state index in [1.165, 1.54) is 0 Å². The van der Waals surface area contributed by atoms with Crippen LogP contribution in [0, 0.1) is 5.41 Å². The molecule has 0 unspecified atom stereocenters. The topological polar surface area (TPSA) is 64.7 Å². The number of oxime groups is 1. The maximum Gasteiger partial charge on any atom is 0.335 e. The Morgan fingerprint density at radius 3 is 2.39 bits per heavy atom. The second-order valence-electron chi connectivity index (χ2n) is 5.18. The maximum absolute atomic E-state index is 11.4. The summed E-state index contributed by atoms with van der Waals surface area (Å²) in [5.74, 6) is -0.256. The highest BCUT2D eigenvalue weighted by Gasteiger charge is 2.17. The summed E-state index contributed by atoms with van der Waals surface area (Å²) in [6.07, 6.45) is 0.282. The molecule has 1 rings (SSSR count). The van der Waals surface area contributed by atoms with E-state index in [4.69, 9.17) is 22.2 Å². The number of nitrogens with two attached hydrogens (primary N) is 1. The molecular formula is C13H17ClN2O2. The number of carbonyl (C=O) groups is 1. The Bertz CT molecular complexity index is 447. The van der Waals surface area contributed by atoms with Crippen LogP contribution in [-0.2, 0) is 9.63 Å². The van der Waals surface area contributed by atoms with Crippen LogP contribution in [0.15, 0.2) is 29.4 Å². The van der Waals surface area contributed by atoms with E-state index < -0.39 is 5.97 Å². The lowest BCUT2D eigenvalue weighted by molar-refractivity contribution is -0.145. The number of hydrogen-bond donors (Lipinski definition) is 1. The summed E-state index contributed by atoms with van der Waals surface area (Å²) in [4.78, 5) is 16.2. The fourth-order valence-corrected chi connectivity index (χ4v) is 1.36. The molecule has 0 amide bonds. The fourth-order valence-electron chi connectivity index (χ4n) is 1.24. The van der Waals surface area contributed by atoms with Gasteiger partial charge in [-0.1, -0.05) is 37.5 Å². The van der Waals surface area contributed by atoms with Gasteiger partial charge in [0, 0.05) is 10.6 Å². The lowest BCUT2D eigenvalue weighted by Gasteiger charge is -2.14. The normalized spacial score (nSPS) is 12.3. The molecule has 98 valence electrons. The first-order valence-corrected chi connectivity index (χ1v) is 5.95. The minimum atomic E-state index is -0.403. The second-order valence-corrected chi connectivity index (χ2v) is 5.62. The van der Waals surface area contributed by atoms with E-state index in [-0.39, 0.29) is 17.7 Å². The summed E-state index contributed by atoms with van der Waals surface area (Å²) in [6.45, 7) is 5.83. The van der Waals surface area contributed by atoms with Crippen molar-refractivity contribution in [1.29, 1.82) is 0 Å². The number of hydrogen-bond acceptors (Lipinski definition) is 3. The van der Waals surface area contributed by atoms with Crippen molar-refractivity contribution < 1.29 is 9.63 Å². The van der Waals surface area contributed by atoms with Gasteiger partial charge in [0.05, 0.1) is 6.42 Å². The highest BCUT2D eigenvalue weighted by atomic mass is 35.5. The van der Waals surface area contributed by atoms with E-state index in [1.807, 2.05) is 20.8 Å². The third kappa shape index (κ3) is 5.19. The molecule has 0 radical (unpaired) electrons. The van der Waals surface area contributed by atoms with Gasteiger partial charge in [0.2, 0.25) is 0 Å². The van der Waals surface area contributed by atoms with Crippen LogP contribution < -0.4 is 5.73 Å². The highest BCUT2D eigenvalue weighted by Crippen LogP contribution is 2.19. The van der Waals surface area contributed by atoms with E-state index in [0.29, 0.717) is 10.6 Å². The monoisotopic (exact) mass is 268 g/mol. The van der Waals surface area contributed by atoms with Gasteiger partial charge in [0.1, 0.15) is 0 Å². The molecule has 0 saturated carbocycles. The van der Waals surface area contributed by atoms with Crippen LogP contribution in [0.25, 0.3) is 0 Å². The van der Waals surface area contributed by atoms with Gasteiger partial charge in [-0.2, -0.15) is 0 Å². The molecule has 0 aliphatic rings. The zero-order valence-electron chi connectivity index (χ0n) is 10.7. The Morgan fingerprint density at radius 2 is 1.89 bits per heavy atom. The lowest BCUT2D eigenvalue weighted by Crippen LogP contribution is -2.17. The third-order valence-electron chi connectivity index (χ3n) is 2.06. The Kier molecular flexibility index (Phi) is 4.73. The second kappa shape index (κ2) is 5.87. The molecule has 0 aliphatic heterocycles. The van der Waals surface area contributed by atoms with Crippen LogP contribution in [0.4, 0.5) is 0 Å². The van der Waals surface area contributed by atoms with E-state index in [0.717, 1.165) is 0 Å². The van der Waals surface area contributed by atoms with Gasteiger partial charge in [-0.15, -0.1) is 0 Å². The van der Waals surface area contributed by atoms with Gasteiger partial charge in [-0.05, 0) is 29.7 Å². The number of nitrogens with zero attached hydrogens (tertiary/aromatic N) is 1. The average molecular weight is 269 g/mol. The molecule has 1 aromatic carbocycles. The van der Waals surface area contributed by atoms with Gasteiger partial charge in [0.15, 0.2) is 5.84 Å². The fraction of sp³-hybridized carbons (Fsp3) is 0.385. The minimum absolute atomic E-state index is 0.137. The molecule has 0 bridgehead atoms. The van der Waals surface area contributed by atoms with Crippen LogP contribution >= 0.6 is 11.6 Å². The predicted octanol–water partition coefficient (Wildman–Crippen LogP) is 2.94. The van der Waals surface area contributed by atoms with Crippen molar-refractivity contribution in [2.45, 2.75) is 27.2 Å². The van der Waals surface area contributed by atoms with Crippen molar-refractivity contribution in [3.05, 3.63) is 34.9 Å². The summed E-state index contributed by atoms with van der Waals surface area (Å²) in [5.41, 5.74) is 6.21. The lowest BCUT2D eigenvalue weighted by atomic mass is 9.93. The smallest absolute Gasteiger partial charge is 0.335 e. The molecule has 18 heavy (non-hydrogen) atoms. The molecule has 0 heterocycles. The Morgan fingerprint density at radius 1 is 1.33 bits per heavy atom. The van der Waals surface area contributed by atoms with Crippen LogP contribution in [-0.4, -0.2) is 11.8 Å². The summed E-state index contributed by atoms with van der Waals surface area (Å²) in [5, 5.41) is 4.22. The number of benzene rings is 1. The minimum Gasteiger partial charge on any atom is -0.380 e. The van der Waals surface area contributed by atoms with Gasteiger partial charge in [-0.3, -0.25) is 0 Å². The van der Waals surface area contributed by atoms with Crippen LogP contribution in [0.1, 0.15) is 32.8 Å². The van der Waals surface area contributed by atoms with Gasteiger partial charge in [0.25, 0.3) is 0 Å². The van der Waals surface area contributed by atoms with Crippen LogP contribution in [0.5, 0.6) is 0 Å². The van der Waals surface area contributed by atoms with Gasteiger partial charge < -0.3 is 10.6 Å². The molecule has 5 heteroatoms. The molecule has 0 spiro atoms. The molecule has 0 aromatic heterocycles. The first kappa shape index (κ1) is 14.5. The standard InChI is InChI=1S/C13H17ClN2O2/c1-13(2,3)8-11(17)18-16-12(15)9-4-6-10(14)7-5-9/h4-7H,8H2,1-3H3,(H2,15,16). The largest absolute Gasteiger partial charge is 0.380 e. The van der Waals surface area contributed by atoms with E-state index in [2.05, 4.69) is 5.16 Å². The molecule has 0 saturated heterocycles. The number of halogens is 1. The highest BCUT2D eigenvalue weighted by molar-refractivity contribution is 6.30. The third-order valence-corrected chi connectivity index (χ3v) is 2.31. The van der Waals surface area contributed by atoms with Crippen molar-refractivity contribution >= 4 is 23.4 Å². The quantitative estimate of drug-likeness (QED) is 0.397. The summed E-state index contributed by atoms with van der Waals surface area (Å²) >= 11 is 5.75. The first-order chi connectivity index (χ1) is 8.28. The van der Waals surface area contributed by atoms with Crippen LogP contribution in [0.3, 0.4) is 0 Å². The zero-order valence-corrected chi connectivity index (χ0v) is 11.5. The van der Waals surface area contributed by atoms with Crippen molar-refractivity contribution in [1.82, 2.24) is 0 Å². The Labute approximate surface area is 112 Å². The van der Waals surface area contributed by atoms with E-state index in [9.17, 15) is 4.79 Å². The Balaban J connectivity index is 2.62. The van der Waals surface area contributed by atoms with Crippen LogP contribution in [0.2, 0.25) is 5.02 Å². The van der Waals surface area contributed by atoms with E-state index >= 15 is 0 Å². The van der Waals surface area contributed by atoms with Crippen molar-refractivity contribution in [3.63, 3.8) is 0 Å². The summed E-state index contributed by atoms with van der Waals surface area (Å²) in [6, 6.07) is 6.80. The molecule has 2 N–H and O–H groups in total. The molecule has 0 aliphatic carbocycles. The number of carbonyl (C=O) groups excluding carboxylic acids is 1. The number of rotatable bonds is 3. The van der Waals surface area contributed by atoms with E-state index in [1.54, 1.807) is 24.3 Å². The maximum atomic E-state index is 11.4. The molecule has 4 nitrogen and oxygen atoms in total. The van der Waals surface area contributed by atoms with Crippen molar-refractivity contribution in [2.24, 2.45) is 16.3 Å². The SMILES string of the molecule is CC(C)(C)CC(=O)O/N=C(\N)c1ccc(Cl)cc1. The molecule has 1 aromatic rings.